The predicted octanol–water partition coefficient (Wildman–Crippen LogP) is 2.70. The summed E-state index contributed by atoms with van der Waals surface area (Å²) in [6.45, 7) is 4.21. The lowest BCUT2D eigenvalue weighted by atomic mass is 9.92. The Bertz CT molecular complexity index is 662. The molecule has 1 aromatic rings. The predicted molar refractivity (Wildman–Crippen MR) is 97.5 cm³/mol. The van der Waals surface area contributed by atoms with E-state index in [0.29, 0.717) is 23.6 Å². The molecule has 7 heteroatoms. The molecule has 1 spiro atoms. The maximum absolute atomic E-state index is 12.6. The van der Waals surface area contributed by atoms with Gasteiger partial charge in [-0.3, -0.25) is 4.79 Å². The first-order chi connectivity index (χ1) is 12.7. The number of thioether (sulfide) groups is 1. The lowest BCUT2D eigenvalue weighted by Gasteiger charge is -2.47. The molecule has 4 fully saturated rings. The first kappa shape index (κ1) is 17.1. The number of nitrogens with zero attached hydrogens (tertiary/aromatic N) is 2. The van der Waals surface area contributed by atoms with Crippen LogP contribution in [-0.4, -0.2) is 65.5 Å². The number of carbonyl (C=O) groups is 1. The third-order valence-corrected chi connectivity index (χ3v) is 7.63. The molecule has 3 saturated heterocycles. The highest BCUT2D eigenvalue weighted by Crippen LogP contribution is 2.47. The van der Waals surface area contributed by atoms with Gasteiger partial charge in [-0.05, 0) is 38.0 Å². The molecule has 142 valence electrons. The fourth-order valence-electron chi connectivity index (χ4n) is 4.22. The number of ether oxygens (including phenoxy) is 2. The summed E-state index contributed by atoms with van der Waals surface area (Å²) in [7, 11) is 0. The van der Waals surface area contributed by atoms with Crippen molar-refractivity contribution in [2.24, 2.45) is 5.92 Å². The Morgan fingerprint density at radius 3 is 2.88 bits per heavy atom. The molecule has 0 N–H and O–H groups in total. The van der Waals surface area contributed by atoms with Gasteiger partial charge in [0.1, 0.15) is 5.76 Å². The Balaban J connectivity index is 1.09. The summed E-state index contributed by atoms with van der Waals surface area (Å²) in [5.74, 6) is 3.07. The van der Waals surface area contributed by atoms with Crippen molar-refractivity contribution in [1.29, 1.82) is 0 Å². The summed E-state index contributed by atoms with van der Waals surface area (Å²) in [4.78, 5) is 14.5. The van der Waals surface area contributed by atoms with Gasteiger partial charge in [0.25, 0.3) is 5.91 Å². The summed E-state index contributed by atoms with van der Waals surface area (Å²) in [6.07, 6.45) is 5.93. The van der Waals surface area contributed by atoms with Crippen LogP contribution in [0.1, 0.15) is 54.3 Å². The number of hydrogen-bond donors (Lipinski definition) is 0. The first-order valence-corrected chi connectivity index (χ1v) is 10.8. The summed E-state index contributed by atoms with van der Waals surface area (Å²) in [6, 6.07) is 1.84. The highest BCUT2D eigenvalue weighted by atomic mass is 32.2. The lowest BCUT2D eigenvalue weighted by molar-refractivity contribution is -0.0119. The molecular weight excluding hydrogens is 352 g/mol. The van der Waals surface area contributed by atoms with Gasteiger partial charge in [0.05, 0.1) is 10.9 Å². The quantitative estimate of drug-likeness (QED) is 0.785. The number of rotatable bonds is 5. The number of likely N-dealkylation sites (tertiary alicyclic amines) is 1. The molecule has 1 aromatic heterocycles. The van der Waals surface area contributed by atoms with Crippen molar-refractivity contribution in [2.45, 2.75) is 48.9 Å². The highest BCUT2D eigenvalue weighted by molar-refractivity contribution is 8.01. The molecule has 6 nitrogen and oxygen atoms in total. The van der Waals surface area contributed by atoms with E-state index in [1.165, 1.54) is 0 Å². The SMILES string of the molecule is O=C(c1cc(C2CC2)on1)N1CC2(C[C@@H](OCC3CCOCC3)CS2)C1. The Kier molecular flexibility index (Phi) is 4.49. The van der Waals surface area contributed by atoms with Crippen LogP contribution in [0.25, 0.3) is 0 Å². The van der Waals surface area contributed by atoms with Gasteiger partial charge >= 0.3 is 0 Å². The minimum atomic E-state index is 0.0125. The third-order valence-electron chi connectivity index (χ3n) is 6.06. The molecule has 4 aliphatic rings. The van der Waals surface area contributed by atoms with Crippen molar-refractivity contribution in [3.8, 4) is 0 Å². The number of amides is 1. The molecule has 4 heterocycles. The molecular formula is C19H26N2O4S. The van der Waals surface area contributed by atoms with Crippen LogP contribution in [0.2, 0.25) is 0 Å². The van der Waals surface area contributed by atoms with E-state index >= 15 is 0 Å². The van der Waals surface area contributed by atoms with Gasteiger partial charge in [-0.15, -0.1) is 11.8 Å². The minimum Gasteiger partial charge on any atom is -0.381 e. The molecule has 0 radical (unpaired) electrons. The molecule has 1 atom stereocenters. The van der Waals surface area contributed by atoms with Crippen LogP contribution in [0, 0.1) is 5.92 Å². The van der Waals surface area contributed by atoms with Crippen LogP contribution in [0.5, 0.6) is 0 Å². The van der Waals surface area contributed by atoms with Crippen LogP contribution in [0.4, 0.5) is 0 Å². The average Bonchev–Trinajstić information content (AvgIpc) is 3.20. The molecule has 0 bridgehead atoms. The molecule has 5 rings (SSSR count). The summed E-state index contributed by atoms with van der Waals surface area (Å²) >= 11 is 1.98. The second-order valence-electron chi connectivity index (χ2n) is 8.26. The fourth-order valence-corrected chi connectivity index (χ4v) is 5.77. The van der Waals surface area contributed by atoms with Gasteiger partial charge in [-0.1, -0.05) is 5.16 Å². The van der Waals surface area contributed by atoms with Gasteiger partial charge in [-0.25, -0.2) is 0 Å². The second-order valence-corrected chi connectivity index (χ2v) is 9.75. The van der Waals surface area contributed by atoms with Crippen molar-refractivity contribution in [1.82, 2.24) is 10.1 Å². The molecule has 0 unspecified atom stereocenters. The number of hydrogen-bond acceptors (Lipinski definition) is 6. The first-order valence-electron chi connectivity index (χ1n) is 9.80. The van der Waals surface area contributed by atoms with Crippen molar-refractivity contribution in [3.05, 3.63) is 17.5 Å². The van der Waals surface area contributed by atoms with Crippen molar-refractivity contribution >= 4 is 17.7 Å². The maximum Gasteiger partial charge on any atom is 0.276 e. The zero-order valence-corrected chi connectivity index (χ0v) is 15.8. The van der Waals surface area contributed by atoms with E-state index < -0.39 is 0 Å². The lowest BCUT2D eigenvalue weighted by Crippen LogP contribution is -2.60. The van der Waals surface area contributed by atoms with Gasteiger partial charge in [0.2, 0.25) is 0 Å². The number of carbonyl (C=O) groups excluding carboxylic acids is 1. The highest BCUT2D eigenvalue weighted by Gasteiger charge is 2.51. The Morgan fingerprint density at radius 2 is 2.12 bits per heavy atom. The minimum absolute atomic E-state index is 0.0125. The van der Waals surface area contributed by atoms with E-state index in [0.717, 1.165) is 76.5 Å². The molecule has 1 saturated carbocycles. The summed E-state index contributed by atoms with van der Waals surface area (Å²) in [5, 5.41) is 3.98. The van der Waals surface area contributed by atoms with E-state index in [1.54, 1.807) is 0 Å². The Hall–Kier alpha value is -1.05. The van der Waals surface area contributed by atoms with E-state index in [9.17, 15) is 4.79 Å². The van der Waals surface area contributed by atoms with Gasteiger partial charge in [-0.2, -0.15) is 0 Å². The molecule has 0 aromatic carbocycles. The Morgan fingerprint density at radius 1 is 1.31 bits per heavy atom. The zero-order chi connectivity index (χ0) is 17.6. The van der Waals surface area contributed by atoms with Crippen molar-refractivity contribution in [3.63, 3.8) is 0 Å². The molecule has 3 aliphatic heterocycles. The normalized spacial score (nSPS) is 28.5. The summed E-state index contributed by atoms with van der Waals surface area (Å²) in [5.41, 5.74) is 0.470. The van der Waals surface area contributed by atoms with Crippen LogP contribution < -0.4 is 0 Å². The van der Waals surface area contributed by atoms with Gasteiger partial charge in [0.15, 0.2) is 5.69 Å². The monoisotopic (exact) mass is 378 g/mol. The Labute approximate surface area is 157 Å². The van der Waals surface area contributed by atoms with Crippen LogP contribution in [-0.2, 0) is 9.47 Å². The van der Waals surface area contributed by atoms with E-state index in [4.69, 9.17) is 14.0 Å². The third kappa shape index (κ3) is 3.41. The molecule has 1 aliphatic carbocycles. The largest absolute Gasteiger partial charge is 0.381 e. The van der Waals surface area contributed by atoms with E-state index in [1.807, 2.05) is 22.7 Å². The average molecular weight is 378 g/mol. The maximum atomic E-state index is 12.6. The molecule has 1 amide bonds. The van der Waals surface area contributed by atoms with Crippen molar-refractivity contribution in [2.75, 3.05) is 38.7 Å². The topological polar surface area (TPSA) is 64.8 Å². The second kappa shape index (κ2) is 6.84. The van der Waals surface area contributed by atoms with E-state index in [-0.39, 0.29) is 10.7 Å². The van der Waals surface area contributed by atoms with Gasteiger partial charge < -0.3 is 18.9 Å². The van der Waals surface area contributed by atoms with Gasteiger partial charge in [0, 0.05) is 50.6 Å². The van der Waals surface area contributed by atoms with Crippen LogP contribution in [0.15, 0.2) is 10.6 Å². The fraction of sp³-hybridized carbons (Fsp3) is 0.789. The van der Waals surface area contributed by atoms with Crippen molar-refractivity contribution < 1.29 is 18.8 Å². The number of aromatic nitrogens is 1. The van der Waals surface area contributed by atoms with Crippen LogP contribution >= 0.6 is 11.8 Å². The summed E-state index contributed by atoms with van der Waals surface area (Å²) < 4.78 is 17.1. The van der Waals surface area contributed by atoms with E-state index in [2.05, 4.69) is 5.16 Å². The van der Waals surface area contributed by atoms with Crippen LogP contribution in [0.3, 0.4) is 0 Å². The molecule has 26 heavy (non-hydrogen) atoms. The standard InChI is InChI=1S/C19H26N2O4S/c22-18(16-7-17(25-20-16)14-1-2-14)21-11-19(12-21)8-15(10-26-19)24-9-13-3-5-23-6-4-13/h7,13-15H,1-6,8-12H2/t15-/m1/s1. The zero-order valence-electron chi connectivity index (χ0n) is 15.0. The smallest absolute Gasteiger partial charge is 0.276 e.